The topological polar surface area (TPSA) is 55.6 Å². The number of hydrogen-bond donors (Lipinski definition) is 1. The number of benzene rings is 1. The number of hydrogen-bond acceptors (Lipinski definition) is 5. The number of rotatable bonds is 8. The van der Waals surface area contributed by atoms with Crippen LogP contribution in [0.25, 0.3) is 0 Å². The molecular weight excluding hydrogens is 379 g/mol. The van der Waals surface area contributed by atoms with Crippen LogP contribution in [0, 0.1) is 0 Å². The molecule has 1 aromatic carbocycles. The fourth-order valence-electron chi connectivity index (χ4n) is 2.75. The Labute approximate surface area is 168 Å². The van der Waals surface area contributed by atoms with E-state index in [0.29, 0.717) is 17.9 Å². The number of halogens is 2. The minimum Gasteiger partial charge on any atom is -0.462 e. The maximum absolute atomic E-state index is 12.3. The van der Waals surface area contributed by atoms with Crippen molar-refractivity contribution in [3.8, 4) is 0 Å². The average Bonchev–Trinajstić information content (AvgIpc) is 2.57. The number of carbonyl (C=O) groups excluding carboxylic acids is 1. The number of nitrogen functional groups attached to an aromatic ring is 1. The molecule has 0 aliphatic carbocycles. The number of ether oxygens (including phenoxy) is 1. The number of anilines is 1. The second kappa shape index (κ2) is 13.6. The molecule has 0 atom stereocenters. The smallest absolute Gasteiger partial charge is 0.339 e. The fraction of sp³-hybridized carbons (Fsp3) is 0.611. The van der Waals surface area contributed by atoms with E-state index in [1.807, 2.05) is 6.07 Å². The van der Waals surface area contributed by atoms with E-state index in [4.69, 9.17) is 10.5 Å². The zero-order valence-electron chi connectivity index (χ0n) is 14.9. The summed E-state index contributed by atoms with van der Waals surface area (Å²) in [5, 5.41) is 0. The van der Waals surface area contributed by atoms with Crippen molar-refractivity contribution in [2.24, 2.45) is 0 Å². The van der Waals surface area contributed by atoms with Gasteiger partial charge in [-0.3, -0.25) is 0 Å². The van der Waals surface area contributed by atoms with E-state index in [-0.39, 0.29) is 30.8 Å². The SMILES string of the molecule is CCCSc1cc(N)ccc1C(=O)OCCCN1CCCCC1.Cl.Cl. The summed E-state index contributed by atoms with van der Waals surface area (Å²) in [6, 6.07) is 5.41. The normalized spacial score (nSPS) is 14.3. The highest BCUT2D eigenvalue weighted by Crippen LogP contribution is 2.26. The van der Waals surface area contributed by atoms with E-state index in [1.165, 1.54) is 32.4 Å². The van der Waals surface area contributed by atoms with Crippen molar-refractivity contribution in [2.75, 3.05) is 37.7 Å². The number of esters is 1. The molecule has 144 valence electrons. The molecule has 0 aromatic heterocycles. The van der Waals surface area contributed by atoms with Crippen molar-refractivity contribution >= 4 is 48.2 Å². The lowest BCUT2D eigenvalue weighted by atomic mass is 10.1. The Kier molecular flexibility index (Phi) is 13.2. The van der Waals surface area contributed by atoms with Gasteiger partial charge in [0.2, 0.25) is 0 Å². The predicted molar refractivity (Wildman–Crippen MR) is 112 cm³/mol. The number of likely N-dealkylation sites (tertiary alicyclic amines) is 1. The minimum absolute atomic E-state index is 0. The summed E-state index contributed by atoms with van der Waals surface area (Å²) in [6.45, 7) is 6.00. The average molecular weight is 409 g/mol. The van der Waals surface area contributed by atoms with Gasteiger partial charge in [-0.05, 0) is 62.7 Å². The summed E-state index contributed by atoms with van der Waals surface area (Å²) >= 11 is 1.66. The van der Waals surface area contributed by atoms with Crippen LogP contribution in [0.1, 0.15) is 49.4 Å². The largest absolute Gasteiger partial charge is 0.462 e. The van der Waals surface area contributed by atoms with Gasteiger partial charge in [0.25, 0.3) is 0 Å². The van der Waals surface area contributed by atoms with Gasteiger partial charge in [0.05, 0.1) is 12.2 Å². The van der Waals surface area contributed by atoms with E-state index in [1.54, 1.807) is 23.9 Å². The molecule has 1 aliphatic heterocycles. The maximum atomic E-state index is 12.3. The van der Waals surface area contributed by atoms with Crippen LogP contribution in [0.5, 0.6) is 0 Å². The van der Waals surface area contributed by atoms with E-state index < -0.39 is 0 Å². The molecule has 1 heterocycles. The first-order valence-corrected chi connectivity index (χ1v) is 9.61. The van der Waals surface area contributed by atoms with Gasteiger partial charge in [-0.2, -0.15) is 0 Å². The molecule has 0 saturated carbocycles. The third-order valence-electron chi connectivity index (χ3n) is 3.99. The van der Waals surface area contributed by atoms with E-state index >= 15 is 0 Å². The van der Waals surface area contributed by atoms with Gasteiger partial charge in [-0.15, -0.1) is 36.6 Å². The zero-order chi connectivity index (χ0) is 16.5. The Bertz CT molecular complexity index is 512. The van der Waals surface area contributed by atoms with Gasteiger partial charge in [0, 0.05) is 17.1 Å². The standard InChI is InChI=1S/C18H28N2O2S.2ClH/c1-2-13-23-17-14-15(19)7-8-16(17)18(21)22-12-6-11-20-9-4-3-5-10-20;;/h7-8,14H,2-6,9-13,19H2,1H3;2*1H. The van der Waals surface area contributed by atoms with Crippen LogP contribution in [-0.2, 0) is 4.74 Å². The van der Waals surface area contributed by atoms with Crippen LogP contribution < -0.4 is 5.73 Å². The third-order valence-corrected chi connectivity index (χ3v) is 5.25. The number of thioether (sulfide) groups is 1. The molecular formula is C18H30Cl2N2O2S. The second-order valence-corrected chi connectivity index (χ2v) is 7.13. The molecule has 1 aliphatic rings. The Morgan fingerprint density at radius 3 is 2.64 bits per heavy atom. The molecule has 0 unspecified atom stereocenters. The molecule has 1 fully saturated rings. The molecule has 0 bridgehead atoms. The molecule has 25 heavy (non-hydrogen) atoms. The van der Waals surface area contributed by atoms with Gasteiger partial charge in [-0.1, -0.05) is 13.3 Å². The molecule has 0 amide bonds. The summed E-state index contributed by atoms with van der Waals surface area (Å²) in [5.74, 6) is 0.737. The lowest BCUT2D eigenvalue weighted by molar-refractivity contribution is 0.0481. The van der Waals surface area contributed by atoms with Crippen LogP contribution in [0.3, 0.4) is 0 Å². The molecule has 2 rings (SSSR count). The molecule has 0 radical (unpaired) electrons. The van der Waals surface area contributed by atoms with Crippen LogP contribution >= 0.6 is 36.6 Å². The molecule has 2 N–H and O–H groups in total. The summed E-state index contributed by atoms with van der Waals surface area (Å²) in [6.07, 6.45) is 5.90. The van der Waals surface area contributed by atoms with Crippen LogP contribution in [0.4, 0.5) is 5.69 Å². The number of piperidine rings is 1. The lowest BCUT2D eigenvalue weighted by Crippen LogP contribution is -2.31. The van der Waals surface area contributed by atoms with Crippen molar-refractivity contribution in [1.82, 2.24) is 4.90 Å². The minimum atomic E-state index is -0.234. The first-order chi connectivity index (χ1) is 11.2. The van der Waals surface area contributed by atoms with Crippen LogP contribution in [-0.4, -0.2) is 42.9 Å². The molecule has 0 spiro atoms. The monoisotopic (exact) mass is 408 g/mol. The first kappa shape index (κ1) is 24.4. The molecule has 7 heteroatoms. The number of carbonyl (C=O) groups is 1. The summed E-state index contributed by atoms with van der Waals surface area (Å²) in [5.41, 5.74) is 7.15. The van der Waals surface area contributed by atoms with Crippen LogP contribution in [0.2, 0.25) is 0 Å². The predicted octanol–water partition coefficient (Wildman–Crippen LogP) is 4.65. The number of nitrogens with zero attached hydrogens (tertiary/aromatic N) is 1. The highest BCUT2D eigenvalue weighted by atomic mass is 35.5. The number of nitrogens with two attached hydrogens (primary N) is 1. The maximum Gasteiger partial charge on any atom is 0.339 e. The van der Waals surface area contributed by atoms with Crippen molar-refractivity contribution in [2.45, 2.75) is 43.9 Å². The summed E-state index contributed by atoms with van der Waals surface area (Å²) in [7, 11) is 0. The van der Waals surface area contributed by atoms with Gasteiger partial charge >= 0.3 is 5.97 Å². The van der Waals surface area contributed by atoms with Gasteiger partial charge in [0.1, 0.15) is 0 Å². The Balaban J connectivity index is 0.00000288. The van der Waals surface area contributed by atoms with Crippen molar-refractivity contribution in [1.29, 1.82) is 0 Å². The van der Waals surface area contributed by atoms with Crippen molar-refractivity contribution < 1.29 is 9.53 Å². The van der Waals surface area contributed by atoms with E-state index in [2.05, 4.69) is 11.8 Å². The van der Waals surface area contributed by atoms with Gasteiger partial charge in [-0.25, -0.2) is 4.79 Å². The molecule has 4 nitrogen and oxygen atoms in total. The lowest BCUT2D eigenvalue weighted by Gasteiger charge is -2.26. The highest BCUT2D eigenvalue weighted by Gasteiger charge is 2.14. The van der Waals surface area contributed by atoms with Crippen molar-refractivity contribution in [3.63, 3.8) is 0 Å². The third kappa shape index (κ3) is 8.54. The van der Waals surface area contributed by atoms with Crippen LogP contribution in [0.15, 0.2) is 23.1 Å². The second-order valence-electron chi connectivity index (χ2n) is 6.00. The molecule has 1 aromatic rings. The first-order valence-electron chi connectivity index (χ1n) is 8.62. The fourth-order valence-corrected chi connectivity index (χ4v) is 3.70. The quantitative estimate of drug-likeness (QED) is 0.293. The summed E-state index contributed by atoms with van der Waals surface area (Å²) < 4.78 is 5.46. The Morgan fingerprint density at radius 2 is 1.96 bits per heavy atom. The Hall–Kier alpha value is -0.620. The summed E-state index contributed by atoms with van der Waals surface area (Å²) in [4.78, 5) is 15.7. The van der Waals surface area contributed by atoms with Gasteiger partial charge in [0.15, 0.2) is 0 Å². The Morgan fingerprint density at radius 1 is 1.24 bits per heavy atom. The highest BCUT2D eigenvalue weighted by molar-refractivity contribution is 7.99. The molecule has 1 saturated heterocycles. The van der Waals surface area contributed by atoms with Crippen molar-refractivity contribution in [3.05, 3.63) is 23.8 Å². The van der Waals surface area contributed by atoms with E-state index in [0.717, 1.165) is 30.0 Å². The van der Waals surface area contributed by atoms with Gasteiger partial charge < -0.3 is 15.4 Å². The van der Waals surface area contributed by atoms with E-state index in [9.17, 15) is 4.79 Å². The zero-order valence-corrected chi connectivity index (χ0v) is 17.3.